The lowest BCUT2D eigenvalue weighted by atomic mass is 10.1. The van der Waals surface area contributed by atoms with E-state index in [4.69, 9.17) is 18.9 Å². The van der Waals surface area contributed by atoms with Gasteiger partial charge in [0.2, 0.25) is 0 Å². The Bertz CT molecular complexity index is 1340. The first-order chi connectivity index (χ1) is 18.8. The number of benzene rings is 1. The molecule has 1 aromatic carbocycles. The molecule has 12 nitrogen and oxygen atoms in total. The Morgan fingerprint density at radius 2 is 1.75 bits per heavy atom. The van der Waals surface area contributed by atoms with Crippen molar-refractivity contribution < 1.29 is 33.3 Å². The molecule has 0 saturated heterocycles. The lowest BCUT2D eigenvalue weighted by Crippen LogP contribution is -2.40. The van der Waals surface area contributed by atoms with Crippen LogP contribution in [0.4, 0.5) is 15.4 Å². The molecule has 0 unspecified atom stereocenters. The number of hydrogen-bond donors (Lipinski definition) is 1. The molecule has 0 fully saturated rings. The normalized spacial score (nSPS) is 11.6. The summed E-state index contributed by atoms with van der Waals surface area (Å²) in [6, 6.07) is 8.99. The smallest absolute Gasteiger partial charge is 0.416 e. The molecule has 3 rings (SSSR count). The molecule has 3 aromatic rings. The fourth-order valence-electron chi connectivity index (χ4n) is 3.48. The third-order valence-corrected chi connectivity index (χ3v) is 5.16. The maximum absolute atomic E-state index is 12.9. The highest BCUT2D eigenvalue weighted by molar-refractivity contribution is 5.93. The molecular weight excluding hydrogens is 518 g/mol. The SMILES string of the molecule is COC(=O)CN(C(=O)OC(C)(C)C)c1ccn2ncc(-c3cccc(OCCCNC(=O)OC(C)(C)C)c3)c2n1. The van der Waals surface area contributed by atoms with Gasteiger partial charge in [0.05, 0.1) is 19.9 Å². The summed E-state index contributed by atoms with van der Waals surface area (Å²) >= 11 is 0. The molecule has 0 atom stereocenters. The van der Waals surface area contributed by atoms with Crippen molar-refractivity contribution in [2.45, 2.75) is 59.2 Å². The summed E-state index contributed by atoms with van der Waals surface area (Å²) in [7, 11) is 1.24. The second-order valence-electron chi connectivity index (χ2n) is 10.9. The number of amides is 2. The van der Waals surface area contributed by atoms with Gasteiger partial charge in [0.15, 0.2) is 5.65 Å². The van der Waals surface area contributed by atoms with Gasteiger partial charge >= 0.3 is 18.2 Å². The fraction of sp³-hybridized carbons (Fsp3) is 0.464. The van der Waals surface area contributed by atoms with Gasteiger partial charge in [0.25, 0.3) is 0 Å². The largest absolute Gasteiger partial charge is 0.494 e. The van der Waals surface area contributed by atoms with Crippen LogP contribution in [0.25, 0.3) is 16.8 Å². The van der Waals surface area contributed by atoms with Crippen LogP contribution < -0.4 is 15.0 Å². The summed E-state index contributed by atoms with van der Waals surface area (Å²) in [6.07, 6.45) is 2.70. The van der Waals surface area contributed by atoms with E-state index in [0.717, 1.165) is 10.5 Å². The topological polar surface area (TPSA) is 134 Å². The lowest BCUT2D eigenvalue weighted by molar-refractivity contribution is -0.139. The number of nitrogens with zero attached hydrogens (tertiary/aromatic N) is 4. The molecule has 12 heteroatoms. The minimum absolute atomic E-state index is 0.207. The van der Waals surface area contributed by atoms with E-state index < -0.39 is 29.4 Å². The van der Waals surface area contributed by atoms with E-state index in [0.29, 0.717) is 36.5 Å². The van der Waals surface area contributed by atoms with Crippen LogP contribution in [-0.2, 0) is 19.0 Å². The van der Waals surface area contributed by atoms with Gasteiger partial charge < -0.3 is 24.3 Å². The van der Waals surface area contributed by atoms with Gasteiger partial charge in [0, 0.05) is 18.3 Å². The average Bonchev–Trinajstić information content (AvgIpc) is 3.28. The van der Waals surface area contributed by atoms with Crippen molar-refractivity contribution in [3.8, 4) is 16.9 Å². The van der Waals surface area contributed by atoms with Crippen molar-refractivity contribution in [1.82, 2.24) is 19.9 Å². The highest BCUT2D eigenvalue weighted by atomic mass is 16.6. The Morgan fingerprint density at radius 1 is 1.02 bits per heavy atom. The quantitative estimate of drug-likeness (QED) is 0.228. The van der Waals surface area contributed by atoms with E-state index in [-0.39, 0.29) is 12.4 Å². The van der Waals surface area contributed by atoms with E-state index >= 15 is 0 Å². The number of carbonyl (C=O) groups excluding carboxylic acids is 3. The summed E-state index contributed by atoms with van der Waals surface area (Å²) in [5, 5.41) is 7.07. The maximum Gasteiger partial charge on any atom is 0.416 e. The van der Waals surface area contributed by atoms with Crippen LogP contribution in [-0.4, -0.2) is 70.8 Å². The Hall–Kier alpha value is -4.35. The van der Waals surface area contributed by atoms with Gasteiger partial charge in [-0.3, -0.25) is 9.69 Å². The third kappa shape index (κ3) is 8.85. The molecule has 0 spiro atoms. The number of nitrogens with one attached hydrogen (secondary N) is 1. The van der Waals surface area contributed by atoms with E-state index in [1.54, 1.807) is 43.7 Å². The van der Waals surface area contributed by atoms with Crippen LogP contribution in [0, 0.1) is 0 Å². The number of alkyl carbamates (subject to hydrolysis) is 1. The maximum atomic E-state index is 12.9. The molecule has 2 heterocycles. The Kier molecular flexibility index (Phi) is 9.56. The Labute approximate surface area is 233 Å². The predicted molar refractivity (Wildman–Crippen MR) is 148 cm³/mol. The third-order valence-electron chi connectivity index (χ3n) is 5.16. The minimum atomic E-state index is -0.774. The summed E-state index contributed by atoms with van der Waals surface area (Å²) in [4.78, 5) is 42.5. The molecule has 0 radical (unpaired) electrons. The zero-order valence-corrected chi connectivity index (χ0v) is 24.0. The summed E-state index contributed by atoms with van der Waals surface area (Å²) < 4.78 is 22.9. The standard InChI is InChI=1S/C28H37N5O7/c1-27(2,3)39-25(35)29-13-9-15-38-20-11-8-10-19(16-20)21-17-30-33-14-12-22(31-24(21)33)32(18-23(34)37-7)26(36)40-28(4,5)6/h8,10-12,14,16-17H,9,13,15,18H2,1-7H3,(H,29,35). The predicted octanol–water partition coefficient (Wildman–Crippen LogP) is 4.60. The first-order valence-electron chi connectivity index (χ1n) is 12.9. The molecule has 1 N–H and O–H groups in total. The van der Waals surface area contributed by atoms with Crippen LogP contribution in [0.3, 0.4) is 0 Å². The fourth-order valence-corrected chi connectivity index (χ4v) is 3.48. The number of hydrogen-bond acceptors (Lipinski definition) is 9. The zero-order valence-electron chi connectivity index (χ0n) is 24.0. The van der Waals surface area contributed by atoms with E-state index in [1.807, 2.05) is 45.0 Å². The lowest BCUT2D eigenvalue weighted by Gasteiger charge is -2.26. The molecule has 40 heavy (non-hydrogen) atoms. The zero-order chi connectivity index (χ0) is 29.5. The molecule has 2 amide bonds. The number of carbonyl (C=O) groups is 3. The number of aromatic nitrogens is 3. The number of ether oxygens (including phenoxy) is 4. The van der Waals surface area contributed by atoms with Crippen LogP contribution in [0.5, 0.6) is 5.75 Å². The van der Waals surface area contributed by atoms with E-state index in [1.165, 1.54) is 7.11 Å². The molecule has 0 aliphatic rings. The van der Waals surface area contributed by atoms with Crippen LogP contribution in [0.15, 0.2) is 42.7 Å². The highest BCUT2D eigenvalue weighted by Crippen LogP contribution is 2.28. The first-order valence-corrected chi connectivity index (χ1v) is 12.9. The van der Waals surface area contributed by atoms with Crippen molar-refractivity contribution in [3.63, 3.8) is 0 Å². The second-order valence-corrected chi connectivity index (χ2v) is 10.9. The minimum Gasteiger partial charge on any atom is -0.494 e. The van der Waals surface area contributed by atoms with Crippen molar-refractivity contribution in [3.05, 3.63) is 42.7 Å². The van der Waals surface area contributed by atoms with E-state index in [9.17, 15) is 14.4 Å². The van der Waals surface area contributed by atoms with Gasteiger partial charge in [-0.1, -0.05) is 12.1 Å². The van der Waals surface area contributed by atoms with Gasteiger partial charge in [-0.2, -0.15) is 5.10 Å². The number of fused-ring (bicyclic) bond motifs is 1. The van der Waals surface area contributed by atoms with Crippen LogP contribution >= 0.6 is 0 Å². The number of esters is 1. The van der Waals surface area contributed by atoms with Crippen LogP contribution in [0.2, 0.25) is 0 Å². The highest BCUT2D eigenvalue weighted by Gasteiger charge is 2.27. The van der Waals surface area contributed by atoms with Crippen molar-refractivity contribution in [2.75, 3.05) is 31.7 Å². The molecule has 0 bridgehead atoms. The second kappa shape index (κ2) is 12.7. The molecule has 0 aliphatic carbocycles. The van der Waals surface area contributed by atoms with E-state index in [2.05, 4.69) is 15.4 Å². The summed E-state index contributed by atoms with van der Waals surface area (Å²) in [6.45, 7) is 11.1. The number of rotatable bonds is 9. The summed E-state index contributed by atoms with van der Waals surface area (Å²) in [5.41, 5.74) is 0.629. The summed E-state index contributed by atoms with van der Waals surface area (Å²) in [5.74, 6) is 0.220. The Balaban J connectivity index is 1.76. The monoisotopic (exact) mass is 555 g/mol. The van der Waals surface area contributed by atoms with Gasteiger partial charge in [-0.05, 0) is 71.7 Å². The van der Waals surface area contributed by atoms with Crippen LogP contribution in [0.1, 0.15) is 48.0 Å². The van der Waals surface area contributed by atoms with Gasteiger partial charge in [0.1, 0.15) is 29.3 Å². The molecular formula is C28H37N5O7. The number of anilines is 1. The first kappa shape index (κ1) is 30.2. The Morgan fingerprint density at radius 3 is 2.42 bits per heavy atom. The average molecular weight is 556 g/mol. The van der Waals surface area contributed by atoms with Gasteiger partial charge in [-0.15, -0.1) is 0 Å². The molecule has 0 saturated carbocycles. The van der Waals surface area contributed by atoms with Gasteiger partial charge in [-0.25, -0.2) is 19.1 Å². The molecule has 216 valence electrons. The van der Waals surface area contributed by atoms with Crippen molar-refractivity contribution >= 4 is 29.6 Å². The van der Waals surface area contributed by atoms with Crippen molar-refractivity contribution in [1.29, 1.82) is 0 Å². The number of methoxy groups -OCH3 is 1. The molecule has 2 aromatic heterocycles. The van der Waals surface area contributed by atoms with Crippen molar-refractivity contribution in [2.24, 2.45) is 0 Å². The molecule has 0 aliphatic heterocycles.